The van der Waals surface area contributed by atoms with Gasteiger partial charge in [-0.15, -0.1) is 11.8 Å². The highest BCUT2D eigenvalue weighted by molar-refractivity contribution is 14.1. The van der Waals surface area contributed by atoms with E-state index < -0.39 is 22.8 Å². The van der Waals surface area contributed by atoms with E-state index in [-0.39, 0.29) is 24.3 Å². The second kappa shape index (κ2) is 10.3. The number of imidazole rings is 1. The predicted octanol–water partition coefficient (Wildman–Crippen LogP) is 1.48. The number of carbonyl (C=O) groups excluding carboxylic acids is 1. The minimum atomic E-state index is -1.29. The van der Waals surface area contributed by atoms with Gasteiger partial charge in [0.05, 0.1) is 12.9 Å². The zero-order chi connectivity index (χ0) is 23.7. The number of likely N-dealkylation sites (N-methyl/N-ethyl adjacent to an activating group) is 1. The molecule has 0 bridgehead atoms. The van der Waals surface area contributed by atoms with Gasteiger partial charge in [0, 0.05) is 23.7 Å². The van der Waals surface area contributed by atoms with E-state index >= 15 is 0 Å². The molecule has 176 valence electrons. The molecule has 1 aliphatic heterocycles. The minimum Gasteiger partial charge on any atom is -0.395 e. The number of rotatable bonds is 7. The van der Waals surface area contributed by atoms with Gasteiger partial charge in [-0.25, -0.2) is 4.98 Å². The monoisotopic (exact) mass is 604 g/mol. The van der Waals surface area contributed by atoms with Crippen LogP contribution in [0.1, 0.15) is 10.9 Å². The minimum absolute atomic E-state index is 0.00253. The van der Waals surface area contributed by atoms with Gasteiger partial charge in [0.1, 0.15) is 22.8 Å². The van der Waals surface area contributed by atoms with E-state index in [9.17, 15) is 15.0 Å². The molecule has 1 aromatic carbocycles. The van der Waals surface area contributed by atoms with Gasteiger partial charge >= 0.3 is 0 Å². The molecule has 1 amide bonds. The van der Waals surface area contributed by atoms with E-state index in [1.807, 2.05) is 24.3 Å². The van der Waals surface area contributed by atoms with Crippen LogP contribution in [0.2, 0.25) is 5.28 Å². The molecule has 2 aromatic heterocycles. The van der Waals surface area contributed by atoms with E-state index in [2.05, 4.69) is 42.9 Å². The molecule has 1 saturated heterocycles. The van der Waals surface area contributed by atoms with E-state index in [1.54, 1.807) is 4.57 Å². The average Bonchev–Trinajstić information content (AvgIpc) is 3.32. The van der Waals surface area contributed by atoms with Gasteiger partial charge in [-0.1, -0.05) is 12.1 Å². The van der Waals surface area contributed by atoms with Crippen LogP contribution in [-0.4, -0.2) is 83.3 Å². The third-order valence-corrected chi connectivity index (χ3v) is 7.71. The topological polar surface area (TPSA) is 137 Å². The van der Waals surface area contributed by atoms with Crippen molar-refractivity contribution < 1.29 is 20.1 Å². The summed E-state index contributed by atoms with van der Waals surface area (Å²) in [5.41, 5.74) is 1.89. The highest BCUT2D eigenvalue weighted by Gasteiger charge is 2.48. The first-order chi connectivity index (χ1) is 15.8. The Bertz CT molecular complexity index is 1170. The lowest BCUT2D eigenvalue weighted by Crippen LogP contribution is -2.43. The van der Waals surface area contributed by atoms with Crippen LogP contribution in [0.25, 0.3) is 11.2 Å². The lowest BCUT2D eigenvalue weighted by molar-refractivity contribution is -0.132. The Kier molecular flexibility index (Phi) is 7.60. The first kappa shape index (κ1) is 24.4. The normalized spacial score (nSPS) is 22.6. The molecule has 0 aliphatic carbocycles. The number of halogens is 2. The standard InChI is InChI=1S/C20H22ClIN6O4S/c1-27(5-6-29)18(32)15-13(30)14(31)19(33-15)28-9-24-12-16(25-20(21)26-17(12)28)23-8-10-3-2-4-11(22)7-10/h2-4,7,9,13-15,19,29-31H,5-6,8H2,1H3,(H,23,25,26)/t13-,14+,15-,19+/m0/s1. The Balaban J connectivity index is 1.60. The maximum Gasteiger partial charge on any atom is 0.238 e. The van der Waals surface area contributed by atoms with Crippen molar-refractivity contribution in [2.45, 2.75) is 29.4 Å². The highest BCUT2D eigenvalue weighted by atomic mass is 127. The average molecular weight is 605 g/mol. The van der Waals surface area contributed by atoms with Crippen LogP contribution in [0.4, 0.5) is 5.82 Å². The van der Waals surface area contributed by atoms with Crippen molar-refractivity contribution in [3.8, 4) is 0 Å². The van der Waals surface area contributed by atoms with Crippen molar-refractivity contribution >= 4 is 68.8 Å². The van der Waals surface area contributed by atoms with Crippen LogP contribution in [0.5, 0.6) is 0 Å². The summed E-state index contributed by atoms with van der Waals surface area (Å²) < 4.78 is 2.71. The van der Waals surface area contributed by atoms with Crippen LogP contribution in [0, 0.1) is 3.57 Å². The van der Waals surface area contributed by atoms with E-state index in [4.69, 9.17) is 16.7 Å². The number of aliphatic hydroxyl groups excluding tert-OH is 3. The molecule has 0 saturated carbocycles. The van der Waals surface area contributed by atoms with Crippen LogP contribution in [-0.2, 0) is 11.3 Å². The Hall–Kier alpha value is -1.71. The number of hydrogen-bond donors (Lipinski definition) is 4. The Morgan fingerprint density at radius 1 is 1.33 bits per heavy atom. The van der Waals surface area contributed by atoms with Crippen molar-refractivity contribution in [1.82, 2.24) is 24.4 Å². The smallest absolute Gasteiger partial charge is 0.238 e. The molecule has 3 aromatic rings. The second-order valence-electron chi connectivity index (χ2n) is 7.56. The Morgan fingerprint density at radius 2 is 2.12 bits per heavy atom. The fourth-order valence-electron chi connectivity index (χ4n) is 3.60. The first-order valence-corrected chi connectivity index (χ1v) is 12.5. The van der Waals surface area contributed by atoms with E-state index in [0.717, 1.165) is 20.9 Å². The number of fused-ring (bicyclic) bond motifs is 1. The van der Waals surface area contributed by atoms with Gasteiger partial charge in [-0.2, -0.15) is 9.97 Å². The summed E-state index contributed by atoms with van der Waals surface area (Å²) >= 11 is 9.54. The fourth-order valence-corrected chi connectivity index (χ4v) is 5.90. The maximum atomic E-state index is 12.7. The number of anilines is 1. The Morgan fingerprint density at radius 3 is 2.85 bits per heavy atom. The third kappa shape index (κ3) is 5.05. The summed E-state index contributed by atoms with van der Waals surface area (Å²) in [6.07, 6.45) is -1.04. The Labute approximate surface area is 212 Å². The molecule has 33 heavy (non-hydrogen) atoms. The summed E-state index contributed by atoms with van der Waals surface area (Å²) in [4.78, 5) is 26.9. The molecule has 0 spiro atoms. The number of aliphatic hydroxyl groups is 3. The highest BCUT2D eigenvalue weighted by Crippen LogP contribution is 2.44. The maximum absolute atomic E-state index is 12.7. The van der Waals surface area contributed by atoms with Gasteiger partial charge in [0.25, 0.3) is 0 Å². The van der Waals surface area contributed by atoms with Crippen LogP contribution in [0.15, 0.2) is 30.6 Å². The molecule has 1 fully saturated rings. The molecule has 13 heteroatoms. The van der Waals surface area contributed by atoms with Gasteiger partial charge in [0.15, 0.2) is 17.0 Å². The van der Waals surface area contributed by atoms with E-state index in [0.29, 0.717) is 23.5 Å². The van der Waals surface area contributed by atoms with Crippen LogP contribution >= 0.6 is 46.0 Å². The molecule has 0 radical (unpaired) electrons. The SMILES string of the molecule is CN(CCO)C(=O)[C@H]1S[C@@H](n2cnc3c(NCc4cccc(I)c4)nc(Cl)nc32)[C@H](O)[C@@H]1O. The molecule has 1 aliphatic rings. The summed E-state index contributed by atoms with van der Waals surface area (Å²) in [5, 5.41) is 32.0. The molecular formula is C20H22ClIN6O4S. The molecule has 0 unspecified atom stereocenters. The van der Waals surface area contributed by atoms with Crippen molar-refractivity contribution in [1.29, 1.82) is 0 Å². The zero-order valence-corrected chi connectivity index (χ0v) is 21.2. The lowest BCUT2D eigenvalue weighted by atomic mass is 10.1. The summed E-state index contributed by atoms with van der Waals surface area (Å²) in [5.74, 6) is 0.0657. The van der Waals surface area contributed by atoms with Gasteiger partial charge in [-0.05, 0) is 51.9 Å². The summed E-state index contributed by atoms with van der Waals surface area (Å²) in [7, 11) is 1.54. The van der Waals surface area contributed by atoms with E-state index in [1.165, 1.54) is 18.3 Å². The van der Waals surface area contributed by atoms with Crippen molar-refractivity contribution in [3.05, 3.63) is 45.0 Å². The van der Waals surface area contributed by atoms with Gasteiger partial charge in [-0.3, -0.25) is 9.36 Å². The number of thioether (sulfide) groups is 1. The number of benzene rings is 1. The van der Waals surface area contributed by atoms with Crippen molar-refractivity contribution in [2.24, 2.45) is 0 Å². The zero-order valence-electron chi connectivity index (χ0n) is 17.5. The van der Waals surface area contributed by atoms with Crippen LogP contribution < -0.4 is 5.32 Å². The number of carbonyl (C=O) groups is 1. The van der Waals surface area contributed by atoms with Crippen LogP contribution in [0.3, 0.4) is 0 Å². The number of amides is 1. The number of nitrogens with zero attached hydrogens (tertiary/aromatic N) is 5. The largest absolute Gasteiger partial charge is 0.395 e. The van der Waals surface area contributed by atoms with Crippen molar-refractivity contribution in [2.75, 3.05) is 25.5 Å². The third-order valence-electron chi connectivity index (χ3n) is 5.31. The molecular weight excluding hydrogens is 583 g/mol. The van der Waals surface area contributed by atoms with Gasteiger partial charge in [0.2, 0.25) is 11.2 Å². The van der Waals surface area contributed by atoms with Crippen molar-refractivity contribution in [3.63, 3.8) is 0 Å². The predicted molar refractivity (Wildman–Crippen MR) is 134 cm³/mol. The second-order valence-corrected chi connectivity index (χ2v) is 10.4. The quantitative estimate of drug-likeness (QED) is 0.234. The number of aromatic nitrogens is 4. The lowest BCUT2D eigenvalue weighted by Gasteiger charge is -2.21. The molecule has 10 nitrogen and oxygen atoms in total. The fraction of sp³-hybridized carbons (Fsp3) is 0.400. The number of hydrogen-bond acceptors (Lipinski definition) is 9. The molecule has 4 rings (SSSR count). The molecule has 3 heterocycles. The number of nitrogens with one attached hydrogen (secondary N) is 1. The summed E-state index contributed by atoms with van der Waals surface area (Å²) in [6.45, 7) is 0.441. The molecule has 4 atom stereocenters. The first-order valence-electron chi connectivity index (χ1n) is 10.1. The summed E-state index contributed by atoms with van der Waals surface area (Å²) in [6, 6.07) is 8.01. The van der Waals surface area contributed by atoms with Gasteiger partial charge < -0.3 is 25.5 Å². The molecule has 4 N–H and O–H groups in total.